The zero-order chi connectivity index (χ0) is 14.6. The Morgan fingerprint density at radius 1 is 1.40 bits per heavy atom. The molecule has 0 bridgehead atoms. The molecule has 110 valence electrons. The van der Waals surface area contributed by atoms with Crippen molar-refractivity contribution in [2.75, 3.05) is 0 Å². The molecule has 7 heteroatoms. The molecule has 0 saturated heterocycles. The van der Waals surface area contributed by atoms with Gasteiger partial charge < -0.3 is 5.73 Å². The van der Waals surface area contributed by atoms with Crippen LogP contribution in [-0.4, -0.2) is 24.4 Å². The molecule has 1 saturated carbocycles. The Hall–Kier alpha value is -1.05. The quantitative estimate of drug-likeness (QED) is 0.806. The zero-order valence-electron chi connectivity index (χ0n) is 11.2. The summed E-state index contributed by atoms with van der Waals surface area (Å²) < 4.78 is 27.3. The van der Waals surface area contributed by atoms with E-state index in [0.717, 1.165) is 25.7 Å². The molecule has 3 N–H and O–H groups in total. The van der Waals surface area contributed by atoms with Gasteiger partial charge in [0.05, 0.1) is 11.0 Å². The van der Waals surface area contributed by atoms with Crippen molar-refractivity contribution in [2.45, 2.75) is 43.0 Å². The topological polar surface area (TPSA) is 85.1 Å². The number of rotatable bonds is 5. The lowest BCUT2D eigenvalue weighted by atomic mass is 9.84. The van der Waals surface area contributed by atoms with E-state index in [9.17, 15) is 8.42 Å². The molecule has 0 amide bonds. The van der Waals surface area contributed by atoms with E-state index in [1.54, 1.807) is 6.07 Å². The summed E-state index contributed by atoms with van der Waals surface area (Å²) in [6.45, 7) is 0. The van der Waals surface area contributed by atoms with Crippen molar-refractivity contribution in [1.29, 1.82) is 0 Å². The Bertz CT molecular complexity index is 554. The van der Waals surface area contributed by atoms with E-state index in [1.807, 2.05) is 0 Å². The SMILES string of the molecule is NC(=S)C(NS(=O)(=O)c1cccnc1)C1CCCCC1. The fourth-order valence-electron chi connectivity index (χ4n) is 2.60. The summed E-state index contributed by atoms with van der Waals surface area (Å²) in [5.74, 6) is 0.188. The van der Waals surface area contributed by atoms with Gasteiger partial charge in [0.2, 0.25) is 10.0 Å². The van der Waals surface area contributed by atoms with Crippen molar-refractivity contribution in [3.63, 3.8) is 0 Å². The maximum Gasteiger partial charge on any atom is 0.242 e. The van der Waals surface area contributed by atoms with Gasteiger partial charge in [0.25, 0.3) is 0 Å². The number of aromatic nitrogens is 1. The third kappa shape index (κ3) is 3.74. The zero-order valence-corrected chi connectivity index (χ0v) is 12.8. The molecule has 1 unspecified atom stereocenters. The lowest BCUT2D eigenvalue weighted by Gasteiger charge is -2.29. The summed E-state index contributed by atoms with van der Waals surface area (Å²) in [4.78, 5) is 4.18. The first-order valence-corrected chi connectivity index (χ1v) is 8.61. The minimum absolute atomic E-state index is 0.136. The fraction of sp³-hybridized carbons (Fsp3) is 0.538. The molecule has 1 aliphatic rings. The predicted molar refractivity (Wildman–Crippen MR) is 81.7 cm³/mol. The normalized spacial score (nSPS) is 18.6. The number of sulfonamides is 1. The lowest BCUT2D eigenvalue weighted by Crippen LogP contribution is -2.48. The molecular formula is C13H19N3O2S2. The van der Waals surface area contributed by atoms with Crippen LogP contribution in [0.4, 0.5) is 0 Å². The van der Waals surface area contributed by atoms with Crippen LogP contribution < -0.4 is 10.5 Å². The molecule has 1 atom stereocenters. The van der Waals surface area contributed by atoms with Crippen molar-refractivity contribution >= 4 is 27.2 Å². The maximum absolute atomic E-state index is 12.3. The van der Waals surface area contributed by atoms with Gasteiger partial charge >= 0.3 is 0 Å². The molecule has 1 heterocycles. The average Bonchev–Trinajstić information content (AvgIpc) is 2.46. The monoisotopic (exact) mass is 313 g/mol. The van der Waals surface area contributed by atoms with Crippen molar-refractivity contribution in [2.24, 2.45) is 11.7 Å². The Morgan fingerprint density at radius 2 is 2.10 bits per heavy atom. The van der Waals surface area contributed by atoms with E-state index in [0.29, 0.717) is 0 Å². The van der Waals surface area contributed by atoms with Gasteiger partial charge in [-0.2, -0.15) is 0 Å². The van der Waals surface area contributed by atoms with Crippen LogP contribution in [0.15, 0.2) is 29.4 Å². The first kappa shape index (κ1) is 15.3. The van der Waals surface area contributed by atoms with E-state index < -0.39 is 16.1 Å². The van der Waals surface area contributed by atoms with Gasteiger partial charge in [-0.1, -0.05) is 31.5 Å². The highest BCUT2D eigenvalue weighted by Gasteiger charge is 2.30. The average molecular weight is 313 g/mol. The Balaban J connectivity index is 2.17. The first-order chi connectivity index (χ1) is 9.50. The number of pyridine rings is 1. The standard InChI is InChI=1S/C13H19N3O2S2/c14-13(19)12(10-5-2-1-3-6-10)16-20(17,18)11-7-4-8-15-9-11/h4,7-10,12,16H,1-3,5-6H2,(H2,14,19). The fourth-order valence-corrected chi connectivity index (χ4v) is 4.17. The molecule has 20 heavy (non-hydrogen) atoms. The minimum atomic E-state index is -3.63. The van der Waals surface area contributed by atoms with Gasteiger partial charge in [0.1, 0.15) is 4.90 Å². The summed E-state index contributed by atoms with van der Waals surface area (Å²) in [6.07, 6.45) is 8.15. The molecule has 0 aliphatic heterocycles. The van der Waals surface area contributed by atoms with Crippen molar-refractivity contribution in [1.82, 2.24) is 9.71 Å². The van der Waals surface area contributed by atoms with Crippen LogP contribution in [0.2, 0.25) is 0 Å². The molecule has 2 rings (SSSR count). The highest BCUT2D eigenvalue weighted by atomic mass is 32.2. The number of nitrogens with one attached hydrogen (secondary N) is 1. The van der Waals surface area contributed by atoms with Gasteiger partial charge in [-0.05, 0) is 30.9 Å². The molecule has 1 aromatic heterocycles. The second-order valence-electron chi connectivity index (χ2n) is 5.09. The van der Waals surface area contributed by atoms with Gasteiger partial charge in [0, 0.05) is 12.4 Å². The van der Waals surface area contributed by atoms with Crippen LogP contribution >= 0.6 is 12.2 Å². The van der Waals surface area contributed by atoms with Gasteiger partial charge in [-0.15, -0.1) is 0 Å². The number of hydrogen-bond acceptors (Lipinski definition) is 4. The minimum Gasteiger partial charge on any atom is -0.392 e. The summed E-state index contributed by atoms with van der Waals surface area (Å²) in [7, 11) is -3.63. The van der Waals surface area contributed by atoms with Crippen molar-refractivity contribution < 1.29 is 8.42 Å². The summed E-state index contributed by atoms with van der Waals surface area (Å²) in [5.41, 5.74) is 5.74. The first-order valence-electron chi connectivity index (χ1n) is 6.72. The van der Waals surface area contributed by atoms with E-state index in [2.05, 4.69) is 9.71 Å². The lowest BCUT2D eigenvalue weighted by molar-refractivity contribution is 0.330. The summed E-state index contributed by atoms with van der Waals surface area (Å²) in [5, 5.41) is 0. The number of hydrogen-bond donors (Lipinski definition) is 2. The van der Waals surface area contributed by atoms with Crippen molar-refractivity contribution in [3.8, 4) is 0 Å². The molecule has 0 radical (unpaired) electrons. The Kier molecular flexibility index (Phi) is 5.06. The molecular weight excluding hydrogens is 294 g/mol. The third-order valence-corrected chi connectivity index (χ3v) is 5.33. The van der Waals surface area contributed by atoms with Gasteiger partial charge in [0.15, 0.2) is 0 Å². The molecule has 1 aliphatic carbocycles. The second kappa shape index (κ2) is 6.60. The van der Waals surface area contributed by atoms with Crippen LogP contribution in [0.1, 0.15) is 32.1 Å². The number of nitrogens with zero attached hydrogens (tertiary/aromatic N) is 1. The van der Waals surface area contributed by atoms with Gasteiger partial charge in [-0.3, -0.25) is 4.98 Å². The van der Waals surface area contributed by atoms with Crippen LogP contribution in [0.25, 0.3) is 0 Å². The van der Waals surface area contributed by atoms with E-state index in [1.165, 1.54) is 24.9 Å². The Labute approximate surface area is 125 Å². The number of nitrogens with two attached hydrogens (primary N) is 1. The highest BCUT2D eigenvalue weighted by molar-refractivity contribution is 7.89. The Morgan fingerprint density at radius 3 is 2.65 bits per heavy atom. The number of thiocarbonyl (C=S) groups is 1. The van der Waals surface area contributed by atoms with Gasteiger partial charge in [-0.25, -0.2) is 13.1 Å². The maximum atomic E-state index is 12.3. The van der Waals surface area contributed by atoms with Crippen LogP contribution in [0.3, 0.4) is 0 Å². The molecule has 1 aromatic rings. The van der Waals surface area contributed by atoms with Crippen LogP contribution in [-0.2, 0) is 10.0 Å². The molecule has 0 aromatic carbocycles. The van der Waals surface area contributed by atoms with E-state index in [4.69, 9.17) is 18.0 Å². The van der Waals surface area contributed by atoms with Crippen molar-refractivity contribution in [3.05, 3.63) is 24.5 Å². The predicted octanol–water partition coefficient (Wildman–Crippen LogP) is 1.59. The largest absolute Gasteiger partial charge is 0.392 e. The second-order valence-corrected chi connectivity index (χ2v) is 7.27. The summed E-state index contributed by atoms with van der Waals surface area (Å²) >= 11 is 5.05. The molecule has 5 nitrogen and oxygen atoms in total. The van der Waals surface area contributed by atoms with E-state index >= 15 is 0 Å². The van der Waals surface area contributed by atoms with Crippen LogP contribution in [0.5, 0.6) is 0 Å². The smallest absolute Gasteiger partial charge is 0.242 e. The third-order valence-electron chi connectivity index (χ3n) is 3.65. The summed E-state index contributed by atoms with van der Waals surface area (Å²) in [6, 6.07) is 2.62. The molecule has 0 spiro atoms. The highest BCUT2D eigenvalue weighted by Crippen LogP contribution is 2.27. The van der Waals surface area contributed by atoms with Crippen LogP contribution in [0, 0.1) is 5.92 Å². The molecule has 1 fully saturated rings. The van der Waals surface area contributed by atoms with E-state index in [-0.39, 0.29) is 15.8 Å².